The molecule has 3 heteroatoms. The summed E-state index contributed by atoms with van der Waals surface area (Å²) >= 11 is 0. The molecule has 88 valence electrons. The van der Waals surface area contributed by atoms with E-state index in [1.54, 1.807) is 6.07 Å². The SMILES string of the molecule is Fc1ccc(CNC2CC2)cc1-c1ccc[nH]1. The Morgan fingerprint density at radius 3 is 2.88 bits per heavy atom. The lowest BCUT2D eigenvalue weighted by atomic mass is 10.1. The Bertz CT molecular complexity index is 501. The maximum atomic E-state index is 13.7. The van der Waals surface area contributed by atoms with Crippen molar-refractivity contribution in [3.8, 4) is 11.3 Å². The van der Waals surface area contributed by atoms with Crippen LogP contribution in [0.2, 0.25) is 0 Å². The van der Waals surface area contributed by atoms with Crippen molar-refractivity contribution in [3.05, 3.63) is 47.9 Å². The van der Waals surface area contributed by atoms with E-state index in [9.17, 15) is 4.39 Å². The fourth-order valence-electron chi connectivity index (χ4n) is 1.94. The number of rotatable bonds is 4. The molecule has 0 aliphatic heterocycles. The topological polar surface area (TPSA) is 27.8 Å². The molecule has 0 amide bonds. The normalized spacial score (nSPS) is 15.1. The first-order valence-electron chi connectivity index (χ1n) is 5.98. The Morgan fingerprint density at radius 1 is 1.29 bits per heavy atom. The lowest BCUT2D eigenvalue weighted by Crippen LogP contribution is -2.15. The lowest BCUT2D eigenvalue weighted by Gasteiger charge is -2.06. The first-order chi connectivity index (χ1) is 8.33. The number of hydrogen-bond donors (Lipinski definition) is 2. The zero-order valence-electron chi connectivity index (χ0n) is 9.54. The molecule has 1 aliphatic rings. The quantitative estimate of drug-likeness (QED) is 0.830. The molecule has 1 aromatic carbocycles. The molecule has 1 aliphatic carbocycles. The zero-order chi connectivity index (χ0) is 11.7. The second-order valence-corrected chi connectivity index (χ2v) is 4.55. The largest absolute Gasteiger partial charge is 0.361 e. The highest BCUT2D eigenvalue weighted by Gasteiger charge is 2.20. The van der Waals surface area contributed by atoms with Crippen LogP contribution in [0.1, 0.15) is 18.4 Å². The standard InChI is InChI=1S/C14H15FN2/c15-13-6-3-10(9-17-11-4-5-11)8-12(13)14-2-1-7-16-14/h1-3,6-8,11,16-17H,4-5,9H2. The third kappa shape index (κ3) is 2.39. The summed E-state index contributed by atoms with van der Waals surface area (Å²) in [5, 5.41) is 3.43. The summed E-state index contributed by atoms with van der Waals surface area (Å²) in [5.41, 5.74) is 2.60. The van der Waals surface area contributed by atoms with Crippen LogP contribution in [0.4, 0.5) is 4.39 Å². The monoisotopic (exact) mass is 230 g/mol. The second kappa shape index (κ2) is 4.34. The van der Waals surface area contributed by atoms with Crippen molar-refractivity contribution in [3.63, 3.8) is 0 Å². The predicted octanol–water partition coefficient (Wildman–Crippen LogP) is 3.07. The summed E-state index contributed by atoms with van der Waals surface area (Å²) in [4.78, 5) is 3.04. The van der Waals surface area contributed by atoms with Crippen molar-refractivity contribution in [1.29, 1.82) is 0 Å². The molecule has 1 fully saturated rings. The number of nitrogens with one attached hydrogen (secondary N) is 2. The molecule has 3 rings (SSSR count). The van der Waals surface area contributed by atoms with E-state index < -0.39 is 0 Å². The van der Waals surface area contributed by atoms with Gasteiger partial charge in [-0.3, -0.25) is 0 Å². The molecule has 1 heterocycles. The maximum Gasteiger partial charge on any atom is 0.132 e. The van der Waals surface area contributed by atoms with Gasteiger partial charge in [0.25, 0.3) is 0 Å². The van der Waals surface area contributed by atoms with Crippen LogP contribution < -0.4 is 5.32 Å². The van der Waals surface area contributed by atoms with Crippen molar-refractivity contribution >= 4 is 0 Å². The number of halogens is 1. The average Bonchev–Trinajstić information content (AvgIpc) is 3.01. The van der Waals surface area contributed by atoms with E-state index in [0.717, 1.165) is 17.8 Å². The van der Waals surface area contributed by atoms with Crippen molar-refractivity contribution in [2.75, 3.05) is 0 Å². The van der Waals surface area contributed by atoms with Gasteiger partial charge in [0.05, 0.1) is 0 Å². The van der Waals surface area contributed by atoms with Gasteiger partial charge in [-0.05, 0) is 42.7 Å². The molecule has 2 N–H and O–H groups in total. The first-order valence-corrected chi connectivity index (χ1v) is 5.98. The molecule has 0 unspecified atom stereocenters. The second-order valence-electron chi connectivity index (χ2n) is 4.55. The van der Waals surface area contributed by atoms with Gasteiger partial charge in [-0.15, -0.1) is 0 Å². The molecule has 0 atom stereocenters. The minimum atomic E-state index is -0.178. The van der Waals surface area contributed by atoms with E-state index in [4.69, 9.17) is 0 Å². The molecule has 1 aromatic heterocycles. The van der Waals surface area contributed by atoms with Crippen LogP contribution in [0.15, 0.2) is 36.5 Å². The summed E-state index contributed by atoms with van der Waals surface area (Å²) in [7, 11) is 0. The summed E-state index contributed by atoms with van der Waals surface area (Å²) in [6, 6.07) is 9.74. The Morgan fingerprint density at radius 2 is 2.18 bits per heavy atom. The van der Waals surface area contributed by atoms with Crippen molar-refractivity contribution in [1.82, 2.24) is 10.3 Å². The Labute approximate surface area is 99.9 Å². The van der Waals surface area contributed by atoms with Gasteiger partial charge in [0, 0.05) is 30.0 Å². The summed E-state index contributed by atoms with van der Waals surface area (Å²) in [5.74, 6) is -0.178. The molecule has 2 aromatic rings. The van der Waals surface area contributed by atoms with Gasteiger partial charge in [0.15, 0.2) is 0 Å². The molecule has 1 saturated carbocycles. The van der Waals surface area contributed by atoms with Gasteiger partial charge in [-0.25, -0.2) is 4.39 Å². The number of hydrogen-bond acceptors (Lipinski definition) is 1. The van der Waals surface area contributed by atoms with Crippen molar-refractivity contribution in [2.45, 2.75) is 25.4 Å². The molecule has 0 saturated heterocycles. The number of H-pyrrole nitrogens is 1. The Kier molecular flexibility index (Phi) is 2.69. The number of aromatic nitrogens is 1. The predicted molar refractivity (Wildman–Crippen MR) is 66.0 cm³/mol. The van der Waals surface area contributed by atoms with Crippen LogP contribution in [0.5, 0.6) is 0 Å². The maximum absolute atomic E-state index is 13.7. The molecular weight excluding hydrogens is 215 g/mol. The van der Waals surface area contributed by atoms with Crippen molar-refractivity contribution < 1.29 is 4.39 Å². The van der Waals surface area contributed by atoms with Gasteiger partial charge in [-0.1, -0.05) is 6.07 Å². The third-order valence-corrected chi connectivity index (χ3v) is 3.09. The lowest BCUT2D eigenvalue weighted by molar-refractivity contribution is 0.628. The minimum absolute atomic E-state index is 0.178. The Balaban J connectivity index is 1.83. The van der Waals surface area contributed by atoms with Gasteiger partial charge in [0.1, 0.15) is 5.82 Å². The summed E-state index contributed by atoms with van der Waals surface area (Å²) < 4.78 is 13.7. The number of benzene rings is 1. The van der Waals surface area contributed by atoms with Crippen LogP contribution in [0.3, 0.4) is 0 Å². The van der Waals surface area contributed by atoms with E-state index in [-0.39, 0.29) is 5.82 Å². The van der Waals surface area contributed by atoms with Crippen LogP contribution in [-0.2, 0) is 6.54 Å². The van der Waals surface area contributed by atoms with Gasteiger partial charge >= 0.3 is 0 Å². The summed E-state index contributed by atoms with van der Waals surface area (Å²) in [6.07, 6.45) is 4.35. The van der Waals surface area contributed by atoms with Crippen LogP contribution in [-0.4, -0.2) is 11.0 Å². The van der Waals surface area contributed by atoms with Crippen LogP contribution in [0, 0.1) is 5.82 Å². The van der Waals surface area contributed by atoms with E-state index in [0.29, 0.717) is 11.6 Å². The summed E-state index contributed by atoms with van der Waals surface area (Å²) in [6.45, 7) is 0.818. The fraction of sp³-hybridized carbons (Fsp3) is 0.286. The third-order valence-electron chi connectivity index (χ3n) is 3.09. The number of aromatic amines is 1. The highest BCUT2D eigenvalue weighted by atomic mass is 19.1. The van der Waals surface area contributed by atoms with Gasteiger partial charge in [-0.2, -0.15) is 0 Å². The zero-order valence-corrected chi connectivity index (χ0v) is 9.54. The average molecular weight is 230 g/mol. The van der Waals surface area contributed by atoms with Crippen LogP contribution >= 0.6 is 0 Å². The fourth-order valence-corrected chi connectivity index (χ4v) is 1.94. The molecule has 0 bridgehead atoms. The molecular formula is C14H15FN2. The molecule has 17 heavy (non-hydrogen) atoms. The van der Waals surface area contributed by atoms with Crippen molar-refractivity contribution in [2.24, 2.45) is 0 Å². The molecule has 0 radical (unpaired) electrons. The van der Waals surface area contributed by atoms with E-state index in [2.05, 4.69) is 10.3 Å². The van der Waals surface area contributed by atoms with E-state index >= 15 is 0 Å². The van der Waals surface area contributed by atoms with E-state index in [1.807, 2.05) is 30.5 Å². The highest BCUT2D eigenvalue weighted by molar-refractivity contribution is 5.61. The van der Waals surface area contributed by atoms with Crippen LogP contribution in [0.25, 0.3) is 11.3 Å². The van der Waals surface area contributed by atoms with E-state index in [1.165, 1.54) is 12.8 Å². The van der Waals surface area contributed by atoms with Gasteiger partial charge in [0.2, 0.25) is 0 Å². The smallest absolute Gasteiger partial charge is 0.132 e. The highest BCUT2D eigenvalue weighted by Crippen LogP contribution is 2.23. The minimum Gasteiger partial charge on any atom is -0.361 e. The first kappa shape index (κ1) is 10.5. The van der Waals surface area contributed by atoms with Gasteiger partial charge < -0.3 is 10.3 Å². The molecule has 2 nitrogen and oxygen atoms in total. The molecule has 0 spiro atoms. The Hall–Kier alpha value is -1.61.